The Labute approximate surface area is 112 Å². The van der Waals surface area contributed by atoms with Crippen LogP contribution in [-0.4, -0.2) is 19.4 Å². The van der Waals surface area contributed by atoms with Gasteiger partial charge in [-0.25, -0.2) is 0 Å². The molecule has 1 rings (SSSR count). The molecule has 8 heteroatoms. The monoisotopic (exact) mass is 288 g/mol. The Balaban J connectivity index is 3.32. The lowest BCUT2D eigenvalue weighted by atomic mass is 10.0. The summed E-state index contributed by atoms with van der Waals surface area (Å²) in [6.45, 7) is -0.0614. The van der Waals surface area contributed by atoms with Crippen molar-refractivity contribution < 1.29 is 27.4 Å². The molecule has 1 aromatic carbocycles. The van der Waals surface area contributed by atoms with E-state index in [0.717, 1.165) is 13.2 Å². The molecule has 0 fully saturated rings. The highest BCUT2D eigenvalue weighted by molar-refractivity contribution is 5.74. The average Bonchev–Trinajstić information content (AvgIpc) is 2.36. The summed E-state index contributed by atoms with van der Waals surface area (Å²) < 4.78 is 45.1. The first-order valence-corrected chi connectivity index (χ1v) is 5.39. The number of rotatable bonds is 4. The number of nitriles is 1. The first kappa shape index (κ1) is 15.8. The molecule has 5 nitrogen and oxygen atoms in total. The van der Waals surface area contributed by atoms with E-state index < -0.39 is 18.1 Å². The number of esters is 1. The van der Waals surface area contributed by atoms with Gasteiger partial charge in [-0.15, -0.1) is 13.2 Å². The Morgan fingerprint density at radius 1 is 1.45 bits per heavy atom. The minimum absolute atomic E-state index is 0.0614. The van der Waals surface area contributed by atoms with Crippen molar-refractivity contribution in [1.82, 2.24) is 0 Å². The van der Waals surface area contributed by atoms with E-state index in [4.69, 9.17) is 11.0 Å². The quantitative estimate of drug-likeness (QED) is 0.851. The zero-order valence-corrected chi connectivity index (χ0v) is 10.5. The van der Waals surface area contributed by atoms with Crippen molar-refractivity contribution in [3.63, 3.8) is 0 Å². The molecule has 20 heavy (non-hydrogen) atoms. The van der Waals surface area contributed by atoms with Crippen molar-refractivity contribution in [3.05, 3.63) is 28.8 Å². The molecule has 2 N–H and O–H groups in total. The summed E-state index contributed by atoms with van der Waals surface area (Å²) in [5, 5.41) is 8.96. The van der Waals surface area contributed by atoms with Gasteiger partial charge in [-0.05, 0) is 17.2 Å². The molecule has 0 saturated heterocycles. The lowest BCUT2D eigenvalue weighted by Crippen LogP contribution is -2.19. The zero-order chi connectivity index (χ0) is 15.3. The van der Waals surface area contributed by atoms with Gasteiger partial charge < -0.3 is 15.2 Å². The molecule has 1 aromatic rings. The van der Waals surface area contributed by atoms with Crippen molar-refractivity contribution in [3.8, 4) is 11.8 Å². The van der Waals surface area contributed by atoms with Gasteiger partial charge in [0, 0.05) is 6.54 Å². The molecule has 0 aliphatic carbocycles. The van der Waals surface area contributed by atoms with Gasteiger partial charge in [-0.3, -0.25) is 4.79 Å². The number of carbonyl (C=O) groups is 1. The maximum Gasteiger partial charge on any atom is 0.573 e. The van der Waals surface area contributed by atoms with Crippen molar-refractivity contribution >= 4 is 5.97 Å². The molecule has 0 bridgehead atoms. The Hall–Kier alpha value is -2.27. The molecular weight excluding hydrogens is 277 g/mol. The number of nitrogens with zero attached hydrogens (tertiary/aromatic N) is 1. The maximum absolute atomic E-state index is 12.3. The fourth-order valence-electron chi connectivity index (χ4n) is 1.55. The third-order valence-corrected chi connectivity index (χ3v) is 2.38. The van der Waals surface area contributed by atoms with Crippen LogP contribution in [0.25, 0.3) is 0 Å². The fourth-order valence-corrected chi connectivity index (χ4v) is 1.55. The van der Waals surface area contributed by atoms with E-state index in [9.17, 15) is 18.0 Å². The second-order valence-corrected chi connectivity index (χ2v) is 3.74. The van der Waals surface area contributed by atoms with Crippen molar-refractivity contribution in [2.45, 2.75) is 19.3 Å². The molecule has 0 atom stereocenters. The van der Waals surface area contributed by atoms with Crippen LogP contribution < -0.4 is 10.5 Å². The fraction of sp³-hybridized carbons (Fsp3) is 0.333. The topological polar surface area (TPSA) is 85.3 Å². The van der Waals surface area contributed by atoms with Crippen LogP contribution in [0.15, 0.2) is 12.1 Å². The van der Waals surface area contributed by atoms with Crippen LogP contribution in [0, 0.1) is 11.3 Å². The minimum atomic E-state index is -4.94. The summed E-state index contributed by atoms with van der Waals surface area (Å²) in [6.07, 6.45) is -5.29. The van der Waals surface area contributed by atoms with E-state index >= 15 is 0 Å². The summed E-state index contributed by atoms with van der Waals surface area (Å²) in [5.41, 5.74) is 5.38. The molecule has 0 aromatic heterocycles. The second kappa shape index (κ2) is 6.25. The highest BCUT2D eigenvalue weighted by Gasteiger charge is 2.33. The summed E-state index contributed by atoms with van der Waals surface area (Å²) in [6, 6.07) is 3.99. The number of methoxy groups -OCH3 is 1. The van der Waals surface area contributed by atoms with Crippen LogP contribution in [0.4, 0.5) is 13.2 Å². The third kappa shape index (κ3) is 4.13. The number of alkyl halides is 3. The summed E-state index contributed by atoms with van der Waals surface area (Å²) in [7, 11) is 1.13. The third-order valence-electron chi connectivity index (χ3n) is 2.38. The van der Waals surface area contributed by atoms with Gasteiger partial charge in [-0.1, -0.05) is 6.07 Å². The van der Waals surface area contributed by atoms with E-state index in [1.807, 2.05) is 0 Å². The standard InChI is InChI=1S/C12H11F3N2O3/c1-19-11(18)4-8-2-7(5-16)3-10(9(8)6-17)20-12(13,14)15/h2-3H,4-5,16H2,1H3. The number of benzene rings is 1. The van der Waals surface area contributed by atoms with Crippen LogP contribution in [0.1, 0.15) is 16.7 Å². The summed E-state index contributed by atoms with van der Waals surface area (Å²) in [5.74, 6) is -1.37. The molecule has 0 aliphatic rings. The van der Waals surface area contributed by atoms with Crippen molar-refractivity contribution in [2.24, 2.45) is 5.73 Å². The lowest BCUT2D eigenvalue weighted by molar-refractivity contribution is -0.274. The van der Waals surface area contributed by atoms with Crippen LogP contribution in [0.3, 0.4) is 0 Å². The van der Waals surface area contributed by atoms with Crippen molar-refractivity contribution in [2.75, 3.05) is 7.11 Å². The Morgan fingerprint density at radius 3 is 2.55 bits per heavy atom. The van der Waals surface area contributed by atoms with E-state index in [2.05, 4.69) is 9.47 Å². The molecule has 108 valence electrons. The van der Waals surface area contributed by atoms with Crippen molar-refractivity contribution in [1.29, 1.82) is 5.26 Å². The average molecular weight is 288 g/mol. The van der Waals surface area contributed by atoms with Gasteiger partial charge in [0.15, 0.2) is 0 Å². The zero-order valence-electron chi connectivity index (χ0n) is 10.5. The number of nitrogens with two attached hydrogens (primary N) is 1. The highest BCUT2D eigenvalue weighted by atomic mass is 19.4. The van der Waals surface area contributed by atoms with Gasteiger partial charge in [0.2, 0.25) is 0 Å². The Bertz CT molecular complexity index is 550. The SMILES string of the molecule is COC(=O)Cc1cc(CN)cc(OC(F)(F)F)c1C#N. The van der Waals surface area contributed by atoms with Gasteiger partial charge in [0.05, 0.1) is 19.1 Å². The number of hydrogen-bond donors (Lipinski definition) is 1. The lowest BCUT2D eigenvalue weighted by Gasteiger charge is -2.14. The van der Waals surface area contributed by atoms with E-state index in [1.165, 1.54) is 6.07 Å². The molecule has 0 amide bonds. The molecular formula is C12H11F3N2O3. The van der Waals surface area contributed by atoms with E-state index in [0.29, 0.717) is 5.56 Å². The largest absolute Gasteiger partial charge is 0.573 e. The smallest absolute Gasteiger partial charge is 0.469 e. The predicted octanol–water partition coefficient (Wildman–Crippen LogP) is 1.63. The number of ether oxygens (including phenoxy) is 2. The van der Waals surface area contributed by atoms with Gasteiger partial charge in [0.1, 0.15) is 11.8 Å². The molecule has 0 heterocycles. The normalized spacial score (nSPS) is 10.8. The van der Waals surface area contributed by atoms with E-state index in [1.54, 1.807) is 6.07 Å². The molecule has 0 aliphatic heterocycles. The predicted molar refractivity (Wildman–Crippen MR) is 61.5 cm³/mol. The maximum atomic E-state index is 12.3. The van der Waals surface area contributed by atoms with Gasteiger partial charge in [-0.2, -0.15) is 5.26 Å². The van der Waals surface area contributed by atoms with Gasteiger partial charge >= 0.3 is 12.3 Å². The number of carbonyl (C=O) groups excluding carboxylic acids is 1. The number of hydrogen-bond acceptors (Lipinski definition) is 5. The summed E-state index contributed by atoms with van der Waals surface area (Å²) >= 11 is 0. The Kier molecular flexibility index (Phi) is 4.94. The molecule has 0 unspecified atom stereocenters. The summed E-state index contributed by atoms with van der Waals surface area (Å²) in [4.78, 5) is 11.2. The van der Waals surface area contributed by atoms with Gasteiger partial charge in [0.25, 0.3) is 0 Å². The van der Waals surface area contributed by atoms with E-state index in [-0.39, 0.29) is 24.1 Å². The molecule has 0 spiro atoms. The molecule has 0 saturated carbocycles. The first-order chi connectivity index (χ1) is 9.30. The minimum Gasteiger partial charge on any atom is -0.469 e. The van der Waals surface area contributed by atoms with Crippen LogP contribution >= 0.6 is 0 Å². The highest BCUT2D eigenvalue weighted by Crippen LogP contribution is 2.30. The van der Waals surface area contributed by atoms with Crippen LogP contribution in [0.5, 0.6) is 5.75 Å². The van der Waals surface area contributed by atoms with Crippen LogP contribution in [-0.2, 0) is 22.5 Å². The second-order valence-electron chi connectivity index (χ2n) is 3.74. The Morgan fingerprint density at radius 2 is 2.10 bits per heavy atom. The first-order valence-electron chi connectivity index (χ1n) is 5.39. The number of halogens is 3. The van der Waals surface area contributed by atoms with Crippen LogP contribution in [0.2, 0.25) is 0 Å². The molecule has 0 radical (unpaired) electrons.